The third-order valence-corrected chi connectivity index (χ3v) is 2.62. The largest absolute Gasteiger partial charge is 0.476 e. The van der Waals surface area contributed by atoms with Crippen LogP contribution in [-0.2, 0) is 0 Å². The van der Waals surface area contributed by atoms with Crippen molar-refractivity contribution in [3.05, 3.63) is 35.3 Å². The normalized spacial score (nSPS) is 11.2. The molecule has 0 saturated heterocycles. The van der Waals surface area contributed by atoms with E-state index in [2.05, 4.69) is 4.98 Å². The van der Waals surface area contributed by atoms with Crippen molar-refractivity contribution in [2.24, 2.45) is 0 Å². The molecular formula is C12H14N2O2. The van der Waals surface area contributed by atoms with E-state index in [0.29, 0.717) is 5.65 Å². The van der Waals surface area contributed by atoms with Crippen molar-refractivity contribution in [2.75, 3.05) is 0 Å². The Morgan fingerprint density at radius 2 is 2.12 bits per heavy atom. The van der Waals surface area contributed by atoms with E-state index in [0.717, 1.165) is 11.4 Å². The Labute approximate surface area is 93.5 Å². The SMILES string of the molecule is Cc1cccc2nc(C(=O)O)c(C(C)C)n12. The van der Waals surface area contributed by atoms with Crippen LogP contribution in [0.1, 0.15) is 41.6 Å². The lowest BCUT2D eigenvalue weighted by atomic mass is 10.1. The minimum absolute atomic E-state index is 0.127. The summed E-state index contributed by atoms with van der Waals surface area (Å²) in [6.45, 7) is 5.90. The molecule has 2 aromatic heterocycles. The molecular weight excluding hydrogens is 204 g/mol. The van der Waals surface area contributed by atoms with Gasteiger partial charge in [-0.15, -0.1) is 0 Å². The van der Waals surface area contributed by atoms with E-state index in [1.165, 1.54) is 0 Å². The minimum atomic E-state index is -0.966. The van der Waals surface area contributed by atoms with Gasteiger partial charge in [-0.25, -0.2) is 9.78 Å². The zero-order chi connectivity index (χ0) is 11.9. The number of carboxylic acids is 1. The van der Waals surface area contributed by atoms with Gasteiger partial charge in [-0.1, -0.05) is 19.9 Å². The smallest absolute Gasteiger partial charge is 0.356 e. The van der Waals surface area contributed by atoms with E-state index >= 15 is 0 Å². The van der Waals surface area contributed by atoms with Crippen molar-refractivity contribution >= 4 is 11.6 Å². The monoisotopic (exact) mass is 218 g/mol. The first-order chi connectivity index (χ1) is 7.52. The van der Waals surface area contributed by atoms with Crippen molar-refractivity contribution in [2.45, 2.75) is 26.7 Å². The van der Waals surface area contributed by atoms with Crippen LogP contribution in [0, 0.1) is 6.92 Å². The number of rotatable bonds is 2. The molecule has 0 aliphatic rings. The molecule has 0 aliphatic carbocycles. The van der Waals surface area contributed by atoms with E-state index in [4.69, 9.17) is 5.11 Å². The number of fused-ring (bicyclic) bond motifs is 1. The fraction of sp³-hybridized carbons (Fsp3) is 0.333. The Bertz CT molecular complexity index is 555. The fourth-order valence-corrected chi connectivity index (χ4v) is 1.97. The summed E-state index contributed by atoms with van der Waals surface area (Å²) in [5.74, 6) is -0.839. The van der Waals surface area contributed by atoms with Gasteiger partial charge >= 0.3 is 5.97 Å². The molecule has 0 unspecified atom stereocenters. The number of carboxylic acid groups (broad SMARTS) is 1. The molecule has 0 atom stereocenters. The maximum Gasteiger partial charge on any atom is 0.356 e. The average molecular weight is 218 g/mol. The summed E-state index contributed by atoms with van der Waals surface area (Å²) in [7, 11) is 0. The Kier molecular flexibility index (Phi) is 2.42. The number of imidazole rings is 1. The van der Waals surface area contributed by atoms with Gasteiger partial charge in [0, 0.05) is 5.69 Å². The molecule has 0 spiro atoms. The number of pyridine rings is 1. The van der Waals surface area contributed by atoms with Crippen molar-refractivity contribution < 1.29 is 9.90 Å². The van der Waals surface area contributed by atoms with E-state index < -0.39 is 5.97 Å². The molecule has 4 heteroatoms. The molecule has 0 bridgehead atoms. The molecule has 0 fully saturated rings. The summed E-state index contributed by atoms with van der Waals surface area (Å²) in [5, 5.41) is 9.13. The molecule has 0 radical (unpaired) electrons. The third-order valence-electron chi connectivity index (χ3n) is 2.62. The van der Waals surface area contributed by atoms with E-state index in [1.807, 2.05) is 43.4 Å². The quantitative estimate of drug-likeness (QED) is 0.842. The molecule has 4 nitrogen and oxygen atoms in total. The van der Waals surface area contributed by atoms with Crippen molar-refractivity contribution in [3.63, 3.8) is 0 Å². The molecule has 1 N–H and O–H groups in total. The molecule has 0 aromatic carbocycles. The topological polar surface area (TPSA) is 54.6 Å². The van der Waals surface area contributed by atoms with Gasteiger partial charge in [0.2, 0.25) is 0 Å². The standard InChI is InChI=1S/C12H14N2O2/c1-7(2)11-10(12(15)16)13-9-6-4-5-8(3)14(9)11/h4-7H,1-3H3,(H,15,16). The van der Waals surface area contributed by atoms with Gasteiger partial charge in [-0.05, 0) is 25.0 Å². The number of hydrogen-bond acceptors (Lipinski definition) is 2. The second-order valence-corrected chi connectivity index (χ2v) is 4.17. The first kappa shape index (κ1) is 10.7. The Hall–Kier alpha value is -1.84. The van der Waals surface area contributed by atoms with Crippen LogP contribution < -0.4 is 0 Å². The summed E-state index contributed by atoms with van der Waals surface area (Å²) in [4.78, 5) is 15.3. The van der Waals surface area contributed by atoms with E-state index in [1.54, 1.807) is 0 Å². The van der Waals surface area contributed by atoms with Gasteiger partial charge in [-0.2, -0.15) is 0 Å². The lowest BCUT2D eigenvalue weighted by Crippen LogP contribution is -2.06. The molecule has 0 amide bonds. The Morgan fingerprint density at radius 3 is 2.69 bits per heavy atom. The molecule has 84 valence electrons. The van der Waals surface area contributed by atoms with Gasteiger partial charge in [-0.3, -0.25) is 0 Å². The van der Waals surface area contributed by atoms with Gasteiger partial charge < -0.3 is 9.51 Å². The second-order valence-electron chi connectivity index (χ2n) is 4.17. The minimum Gasteiger partial charge on any atom is -0.476 e. The third kappa shape index (κ3) is 1.46. The highest BCUT2D eigenvalue weighted by Gasteiger charge is 2.20. The highest BCUT2D eigenvalue weighted by Crippen LogP contribution is 2.22. The van der Waals surface area contributed by atoms with Crippen LogP contribution in [0.3, 0.4) is 0 Å². The zero-order valence-electron chi connectivity index (χ0n) is 9.56. The second kappa shape index (κ2) is 3.63. The number of aromatic carboxylic acids is 1. The fourth-order valence-electron chi connectivity index (χ4n) is 1.97. The maximum atomic E-state index is 11.1. The predicted octanol–water partition coefficient (Wildman–Crippen LogP) is 2.46. The average Bonchev–Trinajstić information content (AvgIpc) is 2.58. The molecule has 2 aromatic rings. The number of aryl methyl sites for hydroxylation is 1. The summed E-state index contributed by atoms with van der Waals surface area (Å²) >= 11 is 0. The summed E-state index contributed by atoms with van der Waals surface area (Å²) in [6.07, 6.45) is 0. The first-order valence-corrected chi connectivity index (χ1v) is 5.23. The van der Waals surface area contributed by atoms with Crippen LogP contribution >= 0.6 is 0 Å². The van der Waals surface area contributed by atoms with Crippen molar-refractivity contribution in [3.8, 4) is 0 Å². The van der Waals surface area contributed by atoms with E-state index in [-0.39, 0.29) is 11.6 Å². The van der Waals surface area contributed by atoms with Gasteiger partial charge in [0.1, 0.15) is 5.65 Å². The summed E-state index contributed by atoms with van der Waals surface area (Å²) < 4.78 is 1.91. The Balaban J connectivity index is 2.88. The van der Waals surface area contributed by atoms with Crippen LogP contribution in [0.4, 0.5) is 0 Å². The molecule has 16 heavy (non-hydrogen) atoms. The van der Waals surface area contributed by atoms with Crippen molar-refractivity contribution in [1.82, 2.24) is 9.38 Å². The van der Waals surface area contributed by atoms with Crippen LogP contribution in [0.2, 0.25) is 0 Å². The summed E-state index contributed by atoms with van der Waals surface area (Å²) in [5.41, 5.74) is 2.62. The van der Waals surface area contributed by atoms with E-state index in [9.17, 15) is 4.79 Å². The van der Waals surface area contributed by atoms with Gasteiger partial charge in [0.05, 0.1) is 5.69 Å². The van der Waals surface area contributed by atoms with Crippen LogP contribution in [0.15, 0.2) is 18.2 Å². The number of carbonyl (C=O) groups is 1. The number of aromatic nitrogens is 2. The highest BCUT2D eigenvalue weighted by molar-refractivity contribution is 5.88. The van der Waals surface area contributed by atoms with Crippen LogP contribution in [0.5, 0.6) is 0 Å². The summed E-state index contributed by atoms with van der Waals surface area (Å²) in [6, 6.07) is 5.66. The van der Waals surface area contributed by atoms with Crippen LogP contribution in [-0.4, -0.2) is 20.5 Å². The maximum absolute atomic E-state index is 11.1. The molecule has 0 saturated carbocycles. The lowest BCUT2D eigenvalue weighted by Gasteiger charge is -2.08. The highest BCUT2D eigenvalue weighted by atomic mass is 16.4. The van der Waals surface area contributed by atoms with Crippen LogP contribution in [0.25, 0.3) is 5.65 Å². The lowest BCUT2D eigenvalue weighted by molar-refractivity contribution is 0.0689. The number of nitrogens with zero attached hydrogens (tertiary/aromatic N) is 2. The molecule has 0 aliphatic heterocycles. The zero-order valence-corrected chi connectivity index (χ0v) is 9.56. The number of hydrogen-bond donors (Lipinski definition) is 1. The van der Waals surface area contributed by atoms with Crippen molar-refractivity contribution in [1.29, 1.82) is 0 Å². The first-order valence-electron chi connectivity index (χ1n) is 5.23. The van der Waals surface area contributed by atoms with Gasteiger partial charge in [0.25, 0.3) is 0 Å². The predicted molar refractivity (Wildman–Crippen MR) is 61.0 cm³/mol. The Morgan fingerprint density at radius 1 is 1.44 bits per heavy atom. The molecule has 2 heterocycles. The van der Waals surface area contributed by atoms with Gasteiger partial charge in [0.15, 0.2) is 5.69 Å². The molecule has 2 rings (SSSR count).